The number of hydrogen-bond donors (Lipinski definition) is 1. The van der Waals surface area contributed by atoms with Gasteiger partial charge >= 0.3 is 6.47 Å². The zero-order valence-electron chi connectivity index (χ0n) is 23.0. The van der Waals surface area contributed by atoms with Crippen LogP contribution in [-0.2, 0) is 30.8 Å². The summed E-state index contributed by atoms with van der Waals surface area (Å²) in [5.41, 5.74) is 3.58. The number of rotatable bonds is 12. The Hall–Kier alpha value is -4.10. The molecule has 0 aliphatic carbocycles. The fraction of sp³-hybridized carbons (Fsp3) is 0.233. The Morgan fingerprint density at radius 1 is 1.02 bits per heavy atom. The van der Waals surface area contributed by atoms with Gasteiger partial charge in [-0.25, -0.2) is 14.4 Å². The number of morpholine rings is 1. The Bertz CT molecular complexity index is 1650. The van der Waals surface area contributed by atoms with Crippen LogP contribution in [0, 0.1) is 5.82 Å². The molecule has 13 heteroatoms. The molecule has 0 amide bonds. The first kappa shape index (κ1) is 30.4. The Labute approximate surface area is 254 Å². The van der Waals surface area contributed by atoms with Crippen molar-refractivity contribution in [3.63, 3.8) is 0 Å². The minimum absolute atomic E-state index is 0.0186. The molecule has 0 spiro atoms. The third kappa shape index (κ3) is 7.65. The highest BCUT2D eigenvalue weighted by Gasteiger charge is 2.28. The molecule has 10 nitrogen and oxygen atoms in total. The van der Waals surface area contributed by atoms with Crippen LogP contribution in [0.4, 0.5) is 21.6 Å². The molecule has 224 valence electrons. The Morgan fingerprint density at radius 2 is 1.77 bits per heavy atom. The summed E-state index contributed by atoms with van der Waals surface area (Å²) in [5.74, 6) is -0.249. The minimum atomic E-state index is -4.40. The van der Waals surface area contributed by atoms with E-state index in [2.05, 4.69) is 32.3 Å². The number of ether oxygens (including phenoxy) is 1. The number of nitrogens with one attached hydrogen (secondary N) is 1. The molecule has 5 rings (SSSR count). The van der Waals surface area contributed by atoms with E-state index in [-0.39, 0.29) is 22.1 Å². The van der Waals surface area contributed by atoms with Crippen LogP contribution in [0.15, 0.2) is 84.0 Å². The molecular formula is C30H29ClFN5O5S. The predicted molar refractivity (Wildman–Crippen MR) is 161 cm³/mol. The molecule has 0 bridgehead atoms. The summed E-state index contributed by atoms with van der Waals surface area (Å²) in [6.07, 6.45) is 3.55. The molecule has 1 aliphatic rings. The summed E-state index contributed by atoms with van der Waals surface area (Å²) in [6.45, 7) is 4.65. The van der Waals surface area contributed by atoms with E-state index in [0.717, 1.165) is 75.1 Å². The maximum Gasteiger partial charge on any atom is 0.322 e. The van der Waals surface area contributed by atoms with Crippen LogP contribution < -0.4 is 9.79 Å². The van der Waals surface area contributed by atoms with Gasteiger partial charge in [0.25, 0.3) is 10.0 Å². The lowest BCUT2D eigenvalue weighted by molar-refractivity contribution is -0.128. The van der Waals surface area contributed by atoms with Gasteiger partial charge in [-0.3, -0.25) is 9.69 Å². The molecule has 1 fully saturated rings. The molecule has 1 N–H and O–H groups in total. The maximum absolute atomic E-state index is 13.6. The van der Waals surface area contributed by atoms with Crippen LogP contribution in [0.3, 0.4) is 0 Å². The van der Waals surface area contributed by atoms with E-state index in [1.165, 1.54) is 24.0 Å². The highest BCUT2D eigenvalue weighted by molar-refractivity contribution is 7.92. The highest BCUT2D eigenvalue weighted by Crippen LogP contribution is 2.29. The molecule has 1 saturated heterocycles. The van der Waals surface area contributed by atoms with E-state index >= 15 is 0 Å². The number of carbonyl (C=O) groups excluding carboxylic acids is 1. The fourth-order valence-corrected chi connectivity index (χ4v) is 6.09. The van der Waals surface area contributed by atoms with Crippen LogP contribution in [0.25, 0.3) is 11.3 Å². The van der Waals surface area contributed by atoms with Crippen molar-refractivity contribution >= 4 is 45.3 Å². The third-order valence-electron chi connectivity index (χ3n) is 6.86. The third-order valence-corrected chi connectivity index (χ3v) is 8.73. The number of aromatic nitrogens is 2. The molecule has 2 heterocycles. The molecular weight excluding hydrogens is 597 g/mol. The summed E-state index contributed by atoms with van der Waals surface area (Å²) in [6, 6.07) is 19.1. The van der Waals surface area contributed by atoms with Crippen molar-refractivity contribution in [2.24, 2.45) is 0 Å². The van der Waals surface area contributed by atoms with Crippen LogP contribution >= 0.6 is 11.6 Å². The van der Waals surface area contributed by atoms with Crippen molar-refractivity contribution in [2.45, 2.75) is 17.7 Å². The van der Waals surface area contributed by atoms with E-state index in [1.54, 1.807) is 12.1 Å². The van der Waals surface area contributed by atoms with E-state index < -0.39 is 15.8 Å². The minimum Gasteiger partial charge on any atom is -0.379 e. The molecule has 1 aromatic heterocycles. The van der Waals surface area contributed by atoms with E-state index in [1.807, 2.05) is 18.2 Å². The Morgan fingerprint density at radius 3 is 2.47 bits per heavy atom. The molecule has 1 aliphatic heterocycles. The topological polar surface area (TPSA) is 114 Å². The molecule has 0 unspecified atom stereocenters. The summed E-state index contributed by atoms with van der Waals surface area (Å²) in [4.78, 5) is 26.7. The standard InChI is InChI=1S/C30H29ClFN5O5S/c31-27-18-26(11-12-28(27)32)43(39,40)37(42-21-38)25-9-7-24(8-10-25)35-30-19-29(33-20-34-30)23-5-3-22(4-6-23)2-1-13-36-14-16-41-17-15-36/h3-12,18-21H,1-2,13-17H2,(H,33,34,35). The average molecular weight is 626 g/mol. The maximum atomic E-state index is 13.6. The SMILES string of the molecule is O=CON(c1ccc(Nc2cc(-c3ccc(CCCN4CCOCC4)cc3)ncn2)cc1)S(=O)(=O)c1ccc(F)c(Cl)c1. The highest BCUT2D eigenvalue weighted by atomic mass is 35.5. The first-order valence-corrected chi connectivity index (χ1v) is 15.3. The number of halogens is 2. The first-order valence-electron chi connectivity index (χ1n) is 13.5. The smallest absolute Gasteiger partial charge is 0.322 e. The summed E-state index contributed by atoms with van der Waals surface area (Å²) in [7, 11) is -4.40. The van der Waals surface area contributed by atoms with E-state index in [0.29, 0.717) is 16.0 Å². The number of anilines is 3. The van der Waals surface area contributed by atoms with Crippen molar-refractivity contribution in [1.82, 2.24) is 14.9 Å². The van der Waals surface area contributed by atoms with Crippen LogP contribution in [0.1, 0.15) is 12.0 Å². The number of aryl methyl sites for hydroxylation is 1. The molecule has 0 atom stereocenters. The van der Waals surface area contributed by atoms with E-state index in [4.69, 9.17) is 21.2 Å². The van der Waals surface area contributed by atoms with Gasteiger partial charge in [0, 0.05) is 30.4 Å². The molecule has 4 aromatic rings. The number of nitrogens with zero attached hydrogens (tertiary/aromatic N) is 4. The van der Waals surface area contributed by atoms with Gasteiger partial charge in [-0.15, -0.1) is 0 Å². The lowest BCUT2D eigenvalue weighted by Gasteiger charge is -2.26. The van der Waals surface area contributed by atoms with Crippen LogP contribution in [0.2, 0.25) is 5.02 Å². The fourth-order valence-electron chi connectivity index (χ4n) is 4.60. The first-order chi connectivity index (χ1) is 20.8. The quantitative estimate of drug-likeness (QED) is 0.167. The van der Waals surface area contributed by atoms with Crippen molar-refractivity contribution in [2.75, 3.05) is 42.6 Å². The van der Waals surface area contributed by atoms with Gasteiger partial charge in [0.1, 0.15) is 18.0 Å². The van der Waals surface area contributed by atoms with Gasteiger partial charge in [-0.2, -0.15) is 8.42 Å². The van der Waals surface area contributed by atoms with Crippen LogP contribution in [-0.4, -0.2) is 62.6 Å². The monoisotopic (exact) mass is 625 g/mol. The van der Waals surface area contributed by atoms with Gasteiger partial charge < -0.3 is 14.9 Å². The number of benzene rings is 3. The Kier molecular flexibility index (Phi) is 9.82. The summed E-state index contributed by atoms with van der Waals surface area (Å²) < 4.78 is 45.6. The van der Waals surface area contributed by atoms with Gasteiger partial charge in [0.2, 0.25) is 0 Å². The van der Waals surface area contributed by atoms with Gasteiger partial charge in [0.15, 0.2) is 0 Å². The summed E-state index contributed by atoms with van der Waals surface area (Å²) >= 11 is 5.75. The zero-order chi connectivity index (χ0) is 30.2. The number of carbonyl (C=O) groups is 1. The number of hydrogen-bond acceptors (Lipinski definition) is 9. The summed E-state index contributed by atoms with van der Waals surface area (Å²) in [5, 5.41) is 2.78. The van der Waals surface area contributed by atoms with Crippen molar-refractivity contribution < 1.29 is 27.2 Å². The lowest BCUT2D eigenvalue weighted by Crippen LogP contribution is -2.36. The molecule has 0 saturated carbocycles. The largest absolute Gasteiger partial charge is 0.379 e. The van der Waals surface area contributed by atoms with E-state index in [9.17, 15) is 17.6 Å². The van der Waals surface area contributed by atoms with Gasteiger partial charge in [-0.1, -0.05) is 40.3 Å². The van der Waals surface area contributed by atoms with Crippen molar-refractivity contribution in [1.29, 1.82) is 0 Å². The van der Waals surface area contributed by atoms with Crippen molar-refractivity contribution in [3.05, 3.63) is 95.5 Å². The zero-order valence-corrected chi connectivity index (χ0v) is 24.6. The van der Waals surface area contributed by atoms with Crippen molar-refractivity contribution in [3.8, 4) is 11.3 Å². The number of sulfonamides is 1. The molecule has 3 aromatic carbocycles. The second kappa shape index (κ2) is 13.9. The molecule has 0 radical (unpaired) electrons. The van der Waals surface area contributed by atoms with Gasteiger partial charge in [0.05, 0.1) is 34.5 Å². The average Bonchev–Trinajstić information content (AvgIpc) is 3.02. The van der Waals surface area contributed by atoms with Gasteiger partial charge in [-0.05, 0) is 67.4 Å². The normalized spacial score (nSPS) is 13.8. The lowest BCUT2D eigenvalue weighted by atomic mass is 10.1. The molecule has 43 heavy (non-hydrogen) atoms. The van der Waals surface area contributed by atoms with Crippen LogP contribution in [0.5, 0.6) is 0 Å². The predicted octanol–water partition coefficient (Wildman–Crippen LogP) is 5.23. The second-order valence-corrected chi connectivity index (χ2v) is 11.9. The second-order valence-electron chi connectivity index (χ2n) is 9.72. The Balaban J connectivity index is 1.24.